The number of hydrogen-bond donors (Lipinski definition) is 2. The molecule has 2 heterocycles. The number of amides is 1. The number of piperidine rings is 1. The molecule has 2 N–H and O–H groups in total. The van der Waals surface area contributed by atoms with E-state index in [4.69, 9.17) is 4.74 Å². The third-order valence-corrected chi connectivity index (χ3v) is 5.47. The van der Waals surface area contributed by atoms with Gasteiger partial charge < -0.3 is 15.4 Å². The van der Waals surface area contributed by atoms with Crippen LogP contribution in [-0.2, 0) is 9.53 Å². The highest BCUT2D eigenvalue weighted by Gasteiger charge is 2.33. The molecule has 2 fully saturated rings. The van der Waals surface area contributed by atoms with Crippen molar-refractivity contribution in [1.29, 1.82) is 0 Å². The van der Waals surface area contributed by atoms with Crippen LogP contribution in [0, 0.1) is 0 Å². The van der Waals surface area contributed by atoms with Gasteiger partial charge in [-0.3, -0.25) is 4.79 Å². The fourth-order valence-electron chi connectivity index (χ4n) is 2.64. The Kier molecular flexibility index (Phi) is 7.50. The highest BCUT2D eigenvalue weighted by Crippen LogP contribution is 2.33. The molecular formula is C13H25ClN2O2S. The Morgan fingerprint density at radius 3 is 2.74 bits per heavy atom. The molecule has 2 aliphatic rings. The van der Waals surface area contributed by atoms with Crippen molar-refractivity contribution in [2.45, 2.75) is 42.9 Å². The van der Waals surface area contributed by atoms with Crippen LogP contribution < -0.4 is 10.6 Å². The third-order valence-electron chi connectivity index (χ3n) is 4.05. The molecule has 1 amide bonds. The average Bonchev–Trinajstić information content (AvgIpc) is 2.47. The molecule has 0 spiro atoms. The molecule has 19 heavy (non-hydrogen) atoms. The third kappa shape index (κ3) is 4.81. The lowest BCUT2D eigenvalue weighted by Crippen LogP contribution is -2.51. The maximum absolute atomic E-state index is 12.1. The molecule has 0 saturated carbocycles. The van der Waals surface area contributed by atoms with E-state index in [1.54, 1.807) is 0 Å². The summed E-state index contributed by atoms with van der Waals surface area (Å²) in [5.41, 5.74) is 0. The van der Waals surface area contributed by atoms with Crippen molar-refractivity contribution in [3.8, 4) is 0 Å². The highest BCUT2D eigenvalue weighted by atomic mass is 35.5. The lowest BCUT2D eigenvalue weighted by Gasteiger charge is -2.36. The van der Waals surface area contributed by atoms with Crippen LogP contribution in [0.2, 0.25) is 0 Å². The minimum atomic E-state index is 0. The van der Waals surface area contributed by atoms with Crippen molar-refractivity contribution in [3.05, 3.63) is 0 Å². The van der Waals surface area contributed by atoms with E-state index in [0.29, 0.717) is 0 Å². The van der Waals surface area contributed by atoms with Gasteiger partial charge in [0, 0.05) is 24.5 Å². The fourth-order valence-corrected chi connectivity index (χ4v) is 3.43. The molecule has 112 valence electrons. The lowest BCUT2D eigenvalue weighted by atomic mass is 9.98. The quantitative estimate of drug-likeness (QED) is 0.828. The second kappa shape index (κ2) is 8.35. The minimum absolute atomic E-state index is 0. The van der Waals surface area contributed by atoms with Gasteiger partial charge in [0.15, 0.2) is 0 Å². The number of rotatable bonds is 4. The molecule has 2 saturated heterocycles. The maximum Gasteiger partial charge on any atom is 0.237 e. The standard InChI is InChI=1S/C13H24N2O2S.ClH/c1-18-13(5-8-17-9-6-13)10-15-12(16)11-4-2-3-7-14-11;/h11,14H,2-10H2,1H3,(H,15,16);1H. The molecule has 0 aromatic carbocycles. The Morgan fingerprint density at radius 2 is 2.16 bits per heavy atom. The molecule has 0 radical (unpaired) electrons. The second-order valence-electron chi connectivity index (χ2n) is 5.22. The summed E-state index contributed by atoms with van der Waals surface area (Å²) in [4.78, 5) is 12.1. The summed E-state index contributed by atoms with van der Waals surface area (Å²) in [6.45, 7) is 3.38. The number of thioether (sulfide) groups is 1. The number of ether oxygens (including phenoxy) is 1. The van der Waals surface area contributed by atoms with Crippen molar-refractivity contribution < 1.29 is 9.53 Å². The van der Waals surface area contributed by atoms with Gasteiger partial charge in [-0.15, -0.1) is 12.4 Å². The van der Waals surface area contributed by atoms with E-state index in [2.05, 4.69) is 16.9 Å². The Morgan fingerprint density at radius 1 is 1.42 bits per heavy atom. The Labute approximate surface area is 126 Å². The predicted octanol–water partition coefficient (Wildman–Crippen LogP) is 1.58. The largest absolute Gasteiger partial charge is 0.381 e. The summed E-state index contributed by atoms with van der Waals surface area (Å²) in [5, 5.41) is 6.43. The van der Waals surface area contributed by atoms with Gasteiger partial charge >= 0.3 is 0 Å². The highest BCUT2D eigenvalue weighted by molar-refractivity contribution is 8.00. The van der Waals surface area contributed by atoms with E-state index < -0.39 is 0 Å². The molecule has 2 aliphatic heterocycles. The molecule has 2 rings (SSSR count). The Balaban J connectivity index is 0.00000180. The first-order valence-electron chi connectivity index (χ1n) is 6.90. The fraction of sp³-hybridized carbons (Fsp3) is 0.923. The summed E-state index contributed by atoms with van der Waals surface area (Å²) in [7, 11) is 0. The summed E-state index contributed by atoms with van der Waals surface area (Å²) in [6.07, 6.45) is 7.53. The van der Waals surface area contributed by atoms with Crippen LogP contribution in [0.15, 0.2) is 0 Å². The summed E-state index contributed by atoms with van der Waals surface area (Å²) in [5.74, 6) is 0.176. The molecule has 0 aromatic heterocycles. The van der Waals surface area contributed by atoms with Crippen molar-refractivity contribution >= 4 is 30.1 Å². The zero-order valence-electron chi connectivity index (χ0n) is 11.6. The van der Waals surface area contributed by atoms with E-state index in [0.717, 1.165) is 52.0 Å². The summed E-state index contributed by atoms with van der Waals surface area (Å²) in [6, 6.07) is 0.0255. The number of carbonyl (C=O) groups excluding carboxylic acids is 1. The molecule has 4 nitrogen and oxygen atoms in total. The van der Waals surface area contributed by atoms with Gasteiger partial charge in [-0.2, -0.15) is 11.8 Å². The minimum Gasteiger partial charge on any atom is -0.381 e. The first-order valence-corrected chi connectivity index (χ1v) is 8.12. The van der Waals surface area contributed by atoms with Gasteiger partial charge in [-0.1, -0.05) is 6.42 Å². The van der Waals surface area contributed by atoms with E-state index in [1.807, 2.05) is 11.8 Å². The Bertz CT molecular complexity index is 280. The molecule has 0 aliphatic carbocycles. The van der Waals surface area contributed by atoms with Crippen LogP contribution in [0.1, 0.15) is 32.1 Å². The van der Waals surface area contributed by atoms with Crippen molar-refractivity contribution in [3.63, 3.8) is 0 Å². The van der Waals surface area contributed by atoms with Crippen molar-refractivity contribution in [2.24, 2.45) is 0 Å². The number of hydrogen-bond acceptors (Lipinski definition) is 4. The monoisotopic (exact) mass is 308 g/mol. The van der Waals surface area contributed by atoms with Gasteiger partial charge in [-0.25, -0.2) is 0 Å². The second-order valence-corrected chi connectivity index (χ2v) is 6.49. The average molecular weight is 309 g/mol. The van der Waals surface area contributed by atoms with Gasteiger partial charge in [0.1, 0.15) is 0 Å². The van der Waals surface area contributed by atoms with Gasteiger partial charge in [0.25, 0.3) is 0 Å². The topological polar surface area (TPSA) is 50.4 Å². The van der Waals surface area contributed by atoms with Crippen molar-refractivity contribution in [1.82, 2.24) is 10.6 Å². The van der Waals surface area contributed by atoms with Gasteiger partial charge in [0.05, 0.1) is 6.04 Å². The molecule has 0 aromatic rings. The van der Waals surface area contributed by atoms with E-state index >= 15 is 0 Å². The molecule has 6 heteroatoms. The number of halogens is 1. The van der Waals surface area contributed by atoms with Crippen LogP contribution >= 0.6 is 24.2 Å². The summed E-state index contributed by atoms with van der Waals surface area (Å²) < 4.78 is 5.59. The van der Waals surface area contributed by atoms with Crippen LogP contribution in [0.25, 0.3) is 0 Å². The summed E-state index contributed by atoms with van der Waals surface area (Å²) >= 11 is 1.87. The van der Waals surface area contributed by atoms with Crippen LogP contribution in [0.3, 0.4) is 0 Å². The van der Waals surface area contributed by atoms with E-state index in [-0.39, 0.29) is 29.1 Å². The molecule has 1 unspecified atom stereocenters. The van der Waals surface area contributed by atoms with Crippen LogP contribution in [-0.4, -0.2) is 49.3 Å². The predicted molar refractivity (Wildman–Crippen MR) is 82.2 cm³/mol. The molecular weight excluding hydrogens is 284 g/mol. The van der Waals surface area contributed by atoms with Crippen molar-refractivity contribution in [2.75, 3.05) is 32.6 Å². The lowest BCUT2D eigenvalue weighted by molar-refractivity contribution is -0.123. The number of carbonyl (C=O) groups is 1. The zero-order chi connectivity index (χ0) is 12.8. The zero-order valence-corrected chi connectivity index (χ0v) is 13.2. The maximum atomic E-state index is 12.1. The molecule has 0 bridgehead atoms. The van der Waals surface area contributed by atoms with E-state index in [9.17, 15) is 4.79 Å². The van der Waals surface area contributed by atoms with Gasteiger partial charge in [0.2, 0.25) is 5.91 Å². The van der Waals surface area contributed by atoms with Crippen LogP contribution in [0.4, 0.5) is 0 Å². The van der Waals surface area contributed by atoms with E-state index in [1.165, 1.54) is 6.42 Å². The first-order chi connectivity index (χ1) is 8.76. The first kappa shape index (κ1) is 17.1. The number of nitrogens with one attached hydrogen (secondary N) is 2. The smallest absolute Gasteiger partial charge is 0.237 e. The SMILES string of the molecule is CSC1(CNC(=O)C2CCCCN2)CCOCC1.Cl. The normalized spacial score (nSPS) is 26.3. The van der Waals surface area contributed by atoms with Gasteiger partial charge in [-0.05, 0) is 38.5 Å². The Hall–Kier alpha value is 0.0300. The van der Waals surface area contributed by atoms with Crippen LogP contribution in [0.5, 0.6) is 0 Å². The molecule has 1 atom stereocenters.